The Labute approximate surface area is 118 Å². The van der Waals surface area contributed by atoms with Gasteiger partial charge in [0.2, 0.25) is 0 Å². The first-order valence-electron chi connectivity index (χ1n) is 7.15. The van der Waals surface area contributed by atoms with Gasteiger partial charge in [-0.1, -0.05) is 24.9 Å². The standard InChI is InChI=1S/C14H20ClN3O/c1-9-5-11(6-9)17-13-12(15)7-16-18(14(13)19)8-10-3-2-4-10/h7,9-11,17H,2-6,8H2,1H3. The van der Waals surface area contributed by atoms with Crippen molar-refractivity contribution >= 4 is 17.3 Å². The normalized spacial score (nSPS) is 26.6. The Morgan fingerprint density at radius 3 is 2.79 bits per heavy atom. The largest absolute Gasteiger partial charge is 0.377 e. The molecule has 3 rings (SSSR count). The van der Waals surface area contributed by atoms with Crippen molar-refractivity contribution in [2.24, 2.45) is 11.8 Å². The van der Waals surface area contributed by atoms with E-state index in [-0.39, 0.29) is 5.56 Å². The summed E-state index contributed by atoms with van der Waals surface area (Å²) in [6.45, 7) is 2.95. The molecule has 0 unspecified atom stereocenters. The van der Waals surface area contributed by atoms with Crippen LogP contribution in [0.3, 0.4) is 0 Å². The van der Waals surface area contributed by atoms with Gasteiger partial charge in [-0.15, -0.1) is 0 Å². The second kappa shape index (κ2) is 5.16. The Bertz CT molecular complexity index is 518. The SMILES string of the molecule is CC1CC(Nc2c(Cl)cnn(CC3CCC3)c2=O)C1. The van der Waals surface area contributed by atoms with Gasteiger partial charge in [0.05, 0.1) is 11.2 Å². The Balaban J connectivity index is 1.77. The van der Waals surface area contributed by atoms with Crippen LogP contribution in [0.4, 0.5) is 5.69 Å². The van der Waals surface area contributed by atoms with Crippen molar-refractivity contribution in [3.8, 4) is 0 Å². The molecule has 5 heteroatoms. The van der Waals surface area contributed by atoms with Gasteiger partial charge in [0.15, 0.2) is 0 Å². The smallest absolute Gasteiger partial charge is 0.291 e. The van der Waals surface area contributed by atoms with Gasteiger partial charge in [0.1, 0.15) is 5.69 Å². The maximum absolute atomic E-state index is 12.4. The number of rotatable bonds is 4. The molecular formula is C14H20ClN3O. The lowest BCUT2D eigenvalue weighted by Gasteiger charge is -2.34. The van der Waals surface area contributed by atoms with Crippen LogP contribution in [0.2, 0.25) is 5.02 Å². The minimum Gasteiger partial charge on any atom is -0.377 e. The number of hydrogen-bond acceptors (Lipinski definition) is 3. The van der Waals surface area contributed by atoms with Crippen molar-refractivity contribution in [1.29, 1.82) is 0 Å². The quantitative estimate of drug-likeness (QED) is 0.923. The van der Waals surface area contributed by atoms with Crippen LogP contribution >= 0.6 is 11.6 Å². The predicted octanol–water partition coefficient (Wildman–Crippen LogP) is 2.91. The molecule has 4 nitrogen and oxygen atoms in total. The van der Waals surface area contributed by atoms with Crippen LogP contribution in [0, 0.1) is 11.8 Å². The molecular weight excluding hydrogens is 262 g/mol. The summed E-state index contributed by atoms with van der Waals surface area (Å²) in [5.41, 5.74) is 0.465. The molecule has 0 aliphatic heterocycles. The maximum atomic E-state index is 12.4. The Kier molecular flexibility index (Phi) is 3.52. The second-order valence-electron chi connectivity index (χ2n) is 6.07. The molecule has 1 N–H and O–H groups in total. The summed E-state index contributed by atoms with van der Waals surface area (Å²) >= 11 is 6.11. The maximum Gasteiger partial charge on any atom is 0.291 e. The molecule has 2 aliphatic carbocycles. The third-order valence-electron chi connectivity index (χ3n) is 4.38. The summed E-state index contributed by atoms with van der Waals surface area (Å²) in [6, 6.07) is 0.389. The lowest BCUT2D eigenvalue weighted by Crippen LogP contribution is -2.38. The molecule has 0 spiro atoms. The van der Waals surface area contributed by atoms with E-state index < -0.39 is 0 Å². The summed E-state index contributed by atoms with van der Waals surface area (Å²) in [5.74, 6) is 1.36. The Hall–Kier alpha value is -1.03. The van der Waals surface area contributed by atoms with Crippen LogP contribution < -0.4 is 10.9 Å². The second-order valence-corrected chi connectivity index (χ2v) is 6.48. The van der Waals surface area contributed by atoms with Gasteiger partial charge in [0.25, 0.3) is 5.56 Å². The molecule has 19 heavy (non-hydrogen) atoms. The molecule has 1 aromatic rings. The van der Waals surface area contributed by atoms with Crippen LogP contribution in [0.25, 0.3) is 0 Å². The molecule has 0 radical (unpaired) electrons. The van der Waals surface area contributed by atoms with Crippen LogP contribution in [0.15, 0.2) is 11.0 Å². The topological polar surface area (TPSA) is 46.9 Å². The summed E-state index contributed by atoms with van der Waals surface area (Å²) in [4.78, 5) is 12.4. The fraction of sp³-hybridized carbons (Fsp3) is 0.714. The first-order chi connectivity index (χ1) is 9.13. The number of aromatic nitrogens is 2. The van der Waals surface area contributed by atoms with Crippen LogP contribution in [-0.2, 0) is 6.54 Å². The number of nitrogens with zero attached hydrogens (tertiary/aromatic N) is 2. The van der Waals surface area contributed by atoms with Crippen molar-refractivity contribution in [1.82, 2.24) is 9.78 Å². The molecule has 0 bridgehead atoms. The minimum atomic E-state index is -0.0704. The van der Waals surface area contributed by atoms with Crippen LogP contribution in [0.5, 0.6) is 0 Å². The Morgan fingerprint density at radius 1 is 1.47 bits per heavy atom. The predicted molar refractivity (Wildman–Crippen MR) is 76.7 cm³/mol. The summed E-state index contributed by atoms with van der Waals surface area (Å²) in [6.07, 6.45) is 7.50. The number of hydrogen-bond donors (Lipinski definition) is 1. The van der Waals surface area contributed by atoms with Gasteiger partial charge < -0.3 is 5.32 Å². The van der Waals surface area contributed by atoms with Crippen molar-refractivity contribution < 1.29 is 0 Å². The zero-order valence-corrected chi connectivity index (χ0v) is 12.0. The average Bonchev–Trinajstić information content (AvgIpc) is 2.28. The number of nitrogens with one attached hydrogen (secondary N) is 1. The highest BCUT2D eigenvalue weighted by atomic mass is 35.5. The minimum absolute atomic E-state index is 0.0704. The lowest BCUT2D eigenvalue weighted by atomic mass is 9.82. The van der Waals surface area contributed by atoms with Gasteiger partial charge in [-0.3, -0.25) is 4.79 Å². The highest BCUT2D eigenvalue weighted by Gasteiger charge is 2.27. The van der Waals surface area contributed by atoms with Gasteiger partial charge in [-0.05, 0) is 37.5 Å². The fourth-order valence-electron chi connectivity index (χ4n) is 2.87. The summed E-state index contributed by atoms with van der Waals surface area (Å²) in [7, 11) is 0. The number of halogens is 1. The van der Waals surface area contributed by atoms with E-state index in [9.17, 15) is 4.79 Å². The zero-order chi connectivity index (χ0) is 13.4. The highest BCUT2D eigenvalue weighted by molar-refractivity contribution is 6.33. The van der Waals surface area contributed by atoms with E-state index in [2.05, 4.69) is 17.3 Å². The van der Waals surface area contributed by atoms with Gasteiger partial charge in [-0.25, -0.2) is 4.68 Å². The molecule has 1 heterocycles. The molecule has 0 saturated heterocycles. The first kappa shape index (κ1) is 13.0. The average molecular weight is 282 g/mol. The molecule has 0 amide bonds. The molecule has 2 saturated carbocycles. The summed E-state index contributed by atoms with van der Waals surface area (Å²) in [5, 5.41) is 7.89. The first-order valence-corrected chi connectivity index (χ1v) is 7.53. The van der Waals surface area contributed by atoms with E-state index in [0.717, 1.165) is 25.3 Å². The van der Waals surface area contributed by atoms with Crippen molar-refractivity contribution in [2.45, 2.75) is 51.6 Å². The Morgan fingerprint density at radius 2 is 2.21 bits per heavy atom. The van der Waals surface area contributed by atoms with E-state index in [1.165, 1.54) is 19.3 Å². The van der Waals surface area contributed by atoms with Crippen molar-refractivity contribution in [2.75, 3.05) is 5.32 Å². The zero-order valence-electron chi connectivity index (χ0n) is 11.2. The van der Waals surface area contributed by atoms with Gasteiger partial charge in [-0.2, -0.15) is 5.10 Å². The van der Waals surface area contributed by atoms with E-state index in [1.54, 1.807) is 10.9 Å². The molecule has 104 valence electrons. The van der Waals surface area contributed by atoms with Gasteiger partial charge in [0, 0.05) is 12.6 Å². The molecule has 1 aromatic heterocycles. The number of anilines is 1. The third-order valence-corrected chi connectivity index (χ3v) is 4.66. The monoisotopic (exact) mass is 281 g/mol. The van der Waals surface area contributed by atoms with Crippen LogP contribution in [-0.4, -0.2) is 15.8 Å². The molecule has 2 aliphatic rings. The van der Waals surface area contributed by atoms with E-state index in [1.807, 2.05) is 0 Å². The van der Waals surface area contributed by atoms with E-state index >= 15 is 0 Å². The molecule has 2 fully saturated rings. The van der Waals surface area contributed by atoms with Gasteiger partial charge >= 0.3 is 0 Å². The van der Waals surface area contributed by atoms with E-state index in [4.69, 9.17) is 11.6 Å². The third kappa shape index (κ3) is 2.64. The fourth-order valence-corrected chi connectivity index (χ4v) is 3.05. The lowest BCUT2D eigenvalue weighted by molar-refractivity contribution is 0.261. The van der Waals surface area contributed by atoms with E-state index in [0.29, 0.717) is 22.7 Å². The molecule has 0 aromatic carbocycles. The van der Waals surface area contributed by atoms with Crippen molar-refractivity contribution in [3.05, 3.63) is 21.6 Å². The molecule has 0 atom stereocenters. The van der Waals surface area contributed by atoms with Crippen molar-refractivity contribution in [3.63, 3.8) is 0 Å². The summed E-state index contributed by atoms with van der Waals surface area (Å²) < 4.78 is 1.57. The highest BCUT2D eigenvalue weighted by Crippen LogP contribution is 2.31. The van der Waals surface area contributed by atoms with Crippen LogP contribution in [0.1, 0.15) is 39.0 Å².